The van der Waals surface area contributed by atoms with Gasteiger partial charge in [-0.1, -0.05) is 35.9 Å². The standard InChI is InChI=1S/C27H27ClN2O3/c1-18-11-23(29-13-20(18)14-30-15-27(16-30)7-8-31-17-27)22-4-2-3-21(26(22)28)19-5-6-24-25(12-19)33-10-9-32-24/h2-6,11-13H,7-10,14-17H2,1H3. The highest BCUT2D eigenvalue weighted by molar-refractivity contribution is 6.36. The smallest absolute Gasteiger partial charge is 0.161 e. The molecule has 170 valence electrons. The molecule has 33 heavy (non-hydrogen) atoms. The molecule has 6 rings (SSSR count). The van der Waals surface area contributed by atoms with Crippen LogP contribution < -0.4 is 9.47 Å². The van der Waals surface area contributed by atoms with Crippen molar-refractivity contribution in [3.63, 3.8) is 0 Å². The lowest BCUT2D eigenvalue weighted by molar-refractivity contribution is -0.0125. The second-order valence-electron chi connectivity index (χ2n) is 9.47. The Morgan fingerprint density at radius 3 is 2.61 bits per heavy atom. The van der Waals surface area contributed by atoms with Gasteiger partial charge in [-0.15, -0.1) is 0 Å². The molecule has 3 aliphatic rings. The van der Waals surface area contributed by atoms with Crippen molar-refractivity contribution in [3.8, 4) is 33.9 Å². The van der Waals surface area contributed by atoms with Gasteiger partial charge in [-0.2, -0.15) is 0 Å². The van der Waals surface area contributed by atoms with Gasteiger partial charge < -0.3 is 14.2 Å². The first-order valence-electron chi connectivity index (χ1n) is 11.5. The molecule has 0 unspecified atom stereocenters. The van der Waals surface area contributed by atoms with Crippen LogP contribution in [-0.4, -0.2) is 49.4 Å². The summed E-state index contributed by atoms with van der Waals surface area (Å²) in [6.45, 7) is 8.31. The number of nitrogens with zero attached hydrogens (tertiary/aromatic N) is 2. The van der Waals surface area contributed by atoms with Crippen LogP contribution in [0, 0.1) is 12.3 Å². The number of hydrogen-bond donors (Lipinski definition) is 0. The fourth-order valence-electron chi connectivity index (χ4n) is 5.21. The average Bonchev–Trinajstić information content (AvgIpc) is 3.30. The molecule has 0 saturated carbocycles. The molecule has 1 aromatic heterocycles. The number of hydrogen-bond acceptors (Lipinski definition) is 5. The normalized spacial score (nSPS) is 19.0. The Kier molecular flexibility index (Phi) is 5.28. The lowest BCUT2D eigenvalue weighted by Gasteiger charge is -2.47. The third kappa shape index (κ3) is 3.88. The Labute approximate surface area is 199 Å². The van der Waals surface area contributed by atoms with Crippen LogP contribution in [0.4, 0.5) is 0 Å². The number of aromatic nitrogens is 1. The van der Waals surface area contributed by atoms with E-state index in [4.69, 9.17) is 30.8 Å². The number of benzene rings is 2. The van der Waals surface area contributed by atoms with Crippen LogP contribution in [0.5, 0.6) is 11.5 Å². The first-order valence-corrected chi connectivity index (χ1v) is 11.9. The van der Waals surface area contributed by atoms with Gasteiger partial charge in [0.1, 0.15) is 13.2 Å². The van der Waals surface area contributed by atoms with Crippen LogP contribution >= 0.6 is 11.6 Å². The number of aryl methyl sites for hydroxylation is 1. The maximum absolute atomic E-state index is 6.91. The van der Waals surface area contributed by atoms with Gasteiger partial charge in [0.05, 0.1) is 17.3 Å². The number of pyridine rings is 1. The molecule has 2 saturated heterocycles. The van der Waals surface area contributed by atoms with E-state index in [9.17, 15) is 0 Å². The molecule has 0 amide bonds. The van der Waals surface area contributed by atoms with Crippen molar-refractivity contribution in [1.29, 1.82) is 0 Å². The van der Waals surface area contributed by atoms with E-state index >= 15 is 0 Å². The summed E-state index contributed by atoms with van der Waals surface area (Å²) in [5.41, 5.74) is 6.70. The lowest BCUT2D eigenvalue weighted by atomic mass is 9.79. The van der Waals surface area contributed by atoms with Crippen molar-refractivity contribution in [1.82, 2.24) is 9.88 Å². The number of ether oxygens (including phenoxy) is 3. The second-order valence-corrected chi connectivity index (χ2v) is 9.85. The van der Waals surface area contributed by atoms with Gasteiger partial charge in [0.25, 0.3) is 0 Å². The molecule has 2 fully saturated rings. The van der Waals surface area contributed by atoms with Crippen molar-refractivity contribution in [2.24, 2.45) is 5.41 Å². The second kappa shape index (κ2) is 8.32. The van der Waals surface area contributed by atoms with Crippen LogP contribution in [0.2, 0.25) is 5.02 Å². The monoisotopic (exact) mass is 462 g/mol. The third-order valence-electron chi connectivity index (χ3n) is 7.04. The quantitative estimate of drug-likeness (QED) is 0.521. The van der Waals surface area contributed by atoms with Gasteiger partial charge in [-0.25, -0.2) is 0 Å². The molecule has 3 aromatic rings. The molecule has 0 N–H and O–H groups in total. The summed E-state index contributed by atoms with van der Waals surface area (Å²) in [4.78, 5) is 7.29. The third-order valence-corrected chi connectivity index (χ3v) is 7.45. The number of likely N-dealkylation sites (tertiary alicyclic amines) is 1. The number of fused-ring (bicyclic) bond motifs is 1. The predicted octanol–water partition coefficient (Wildman–Crippen LogP) is 5.37. The summed E-state index contributed by atoms with van der Waals surface area (Å²) >= 11 is 6.91. The molecule has 4 heterocycles. The van der Waals surface area contributed by atoms with Gasteiger partial charge in [-0.3, -0.25) is 9.88 Å². The van der Waals surface area contributed by atoms with E-state index < -0.39 is 0 Å². The molecule has 5 nitrogen and oxygen atoms in total. The average molecular weight is 463 g/mol. The van der Waals surface area contributed by atoms with E-state index in [0.717, 1.165) is 66.7 Å². The minimum atomic E-state index is 0.406. The Balaban J connectivity index is 1.24. The summed E-state index contributed by atoms with van der Waals surface area (Å²) in [5, 5.41) is 0.694. The minimum absolute atomic E-state index is 0.406. The SMILES string of the molecule is Cc1cc(-c2cccc(-c3ccc4c(c3)OCCO4)c2Cl)ncc1CN1CC2(CCOC2)C1. The van der Waals surface area contributed by atoms with Crippen molar-refractivity contribution < 1.29 is 14.2 Å². The molecule has 2 aromatic carbocycles. The minimum Gasteiger partial charge on any atom is -0.486 e. The molecule has 0 radical (unpaired) electrons. The Morgan fingerprint density at radius 2 is 1.82 bits per heavy atom. The van der Waals surface area contributed by atoms with E-state index in [0.29, 0.717) is 23.7 Å². The topological polar surface area (TPSA) is 43.8 Å². The largest absolute Gasteiger partial charge is 0.486 e. The maximum atomic E-state index is 6.91. The predicted molar refractivity (Wildman–Crippen MR) is 129 cm³/mol. The van der Waals surface area contributed by atoms with Gasteiger partial charge in [-0.05, 0) is 48.2 Å². The fourth-order valence-corrected chi connectivity index (χ4v) is 5.55. The van der Waals surface area contributed by atoms with Crippen LogP contribution in [0.15, 0.2) is 48.7 Å². The van der Waals surface area contributed by atoms with Gasteiger partial charge in [0.2, 0.25) is 0 Å². The van der Waals surface area contributed by atoms with E-state index in [1.807, 2.05) is 42.6 Å². The lowest BCUT2D eigenvalue weighted by Crippen LogP contribution is -2.56. The van der Waals surface area contributed by atoms with Crippen LogP contribution in [0.1, 0.15) is 17.5 Å². The van der Waals surface area contributed by atoms with E-state index in [1.54, 1.807) is 0 Å². The summed E-state index contributed by atoms with van der Waals surface area (Å²) in [5.74, 6) is 1.54. The van der Waals surface area contributed by atoms with E-state index in [2.05, 4.69) is 17.9 Å². The maximum Gasteiger partial charge on any atom is 0.161 e. The van der Waals surface area contributed by atoms with Crippen LogP contribution in [0.3, 0.4) is 0 Å². The van der Waals surface area contributed by atoms with Crippen molar-refractivity contribution in [2.45, 2.75) is 19.9 Å². The van der Waals surface area contributed by atoms with Gasteiger partial charge in [0.15, 0.2) is 11.5 Å². The first kappa shape index (κ1) is 21.0. The summed E-state index contributed by atoms with van der Waals surface area (Å²) in [6.07, 6.45) is 3.20. The van der Waals surface area contributed by atoms with Crippen molar-refractivity contribution in [2.75, 3.05) is 39.5 Å². The molecule has 1 spiro atoms. The molecule has 0 atom stereocenters. The Bertz CT molecular complexity index is 1200. The zero-order valence-corrected chi connectivity index (χ0v) is 19.5. The zero-order chi connectivity index (χ0) is 22.4. The molecule has 3 aliphatic heterocycles. The highest BCUT2D eigenvalue weighted by atomic mass is 35.5. The number of rotatable bonds is 4. The summed E-state index contributed by atoms with van der Waals surface area (Å²) < 4.78 is 17.0. The molecular weight excluding hydrogens is 436 g/mol. The summed E-state index contributed by atoms with van der Waals surface area (Å²) in [6, 6.07) is 14.2. The Hall–Kier alpha value is -2.60. The fraction of sp³-hybridized carbons (Fsp3) is 0.370. The Morgan fingerprint density at radius 1 is 1.00 bits per heavy atom. The van der Waals surface area contributed by atoms with Crippen LogP contribution in [0.25, 0.3) is 22.4 Å². The van der Waals surface area contributed by atoms with E-state index in [-0.39, 0.29) is 0 Å². The van der Waals surface area contributed by atoms with Crippen molar-refractivity contribution in [3.05, 3.63) is 64.8 Å². The highest BCUT2D eigenvalue weighted by Gasteiger charge is 2.45. The first-order chi connectivity index (χ1) is 16.1. The van der Waals surface area contributed by atoms with E-state index in [1.165, 1.54) is 17.5 Å². The van der Waals surface area contributed by atoms with Gasteiger partial charge in [0, 0.05) is 49.0 Å². The molecule has 0 bridgehead atoms. The molecular formula is C27H27ClN2O3. The molecule has 0 aliphatic carbocycles. The van der Waals surface area contributed by atoms with Crippen molar-refractivity contribution >= 4 is 11.6 Å². The number of halogens is 1. The zero-order valence-electron chi connectivity index (χ0n) is 18.8. The highest BCUT2D eigenvalue weighted by Crippen LogP contribution is 2.41. The summed E-state index contributed by atoms with van der Waals surface area (Å²) in [7, 11) is 0. The molecule has 6 heteroatoms. The van der Waals surface area contributed by atoms with Gasteiger partial charge >= 0.3 is 0 Å². The van der Waals surface area contributed by atoms with Crippen LogP contribution in [-0.2, 0) is 11.3 Å².